The van der Waals surface area contributed by atoms with Gasteiger partial charge in [-0.3, -0.25) is 9.20 Å². The minimum atomic E-state index is -0.0372. The van der Waals surface area contributed by atoms with Crippen LogP contribution in [-0.4, -0.2) is 15.2 Å². The van der Waals surface area contributed by atoms with E-state index < -0.39 is 0 Å². The Labute approximate surface area is 175 Å². The lowest BCUT2D eigenvalue weighted by Gasteiger charge is -2.07. The molecule has 0 aliphatic rings. The number of carbonyl (C=O) groups is 1. The smallest absolute Gasteiger partial charge is 0.212 e. The molecule has 0 spiro atoms. The van der Waals surface area contributed by atoms with Gasteiger partial charge in [-0.2, -0.15) is 0 Å². The molecule has 0 aliphatic carbocycles. The highest BCUT2D eigenvalue weighted by atomic mass is 16.1. The SMILES string of the molecule is Cc1cccc(-c2nc3ccccn3c2C(=O)c2ccc(-c3ccccc3)cc2)c1. The van der Waals surface area contributed by atoms with Crippen LogP contribution < -0.4 is 0 Å². The van der Waals surface area contributed by atoms with E-state index in [-0.39, 0.29) is 5.78 Å². The monoisotopic (exact) mass is 388 g/mol. The maximum atomic E-state index is 13.6. The number of hydrogen-bond donors (Lipinski definition) is 0. The highest BCUT2D eigenvalue weighted by Crippen LogP contribution is 2.28. The Hall–Kier alpha value is -3.98. The molecule has 0 fully saturated rings. The molecule has 3 nitrogen and oxygen atoms in total. The van der Waals surface area contributed by atoms with Crippen LogP contribution in [-0.2, 0) is 0 Å². The topological polar surface area (TPSA) is 34.4 Å². The van der Waals surface area contributed by atoms with Crippen molar-refractivity contribution < 1.29 is 4.79 Å². The largest absolute Gasteiger partial charge is 0.296 e. The molecule has 0 aliphatic heterocycles. The van der Waals surface area contributed by atoms with E-state index in [1.165, 1.54) is 0 Å². The Morgan fingerprint density at radius 2 is 1.43 bits per heavy atom. The molecule has 3 heteroatoms. The molecule has 0 saturated carbocycles. The Morgan fingerprint density at radius 3 is 2.20 bits per heavy atom. The van der Waals surface area contributed by atoms with Crippen molar-refractivity contribution in [2.45, 2.75) is 6.92 Å². The Morgan fingerprint density at radius 1 is 0.733 bits per heavy atom. The van der Waals surface area contributed by atoms with Gasteiger partial charge in [-0.1, -0.05) is 84.4 Å². The van der Waals surface area contributed by atoms with Gasteiger partial charge in [0.1, 0.15) is 17.0 Å². The van der Waals surface area contributed by atoms with E-state index in [0.717, 1.165) is 27.9 Å². The fraction of sp³-hybridized carbons (Fsp3) is 0.0370. The third-order valence-corrected chi connectivity index (χ3v) is 5.29. The zero-order chi connectivity index (χ0) is 20.5. The standard InChI is InChI=1S/C27H20N2O/c1-19-8-7-11-23(18-19)25-26(29-17-6-5-12-24(29)28-25)27(30)22-15-13-21(14-16-22)20-9-3-2-4-10-20/h2-18H,1H3. The molecule has 0 saturated heterocycles. The first-order valence-corrected chi connectivity index (χ1v) is 9.95. The van der Waals surface area contributed by atoms with Gasteiger partial charge in [-0.05, 0) is 36.2 Å². The first-order chi connectivity index (χ1) is 14.7. The second-order valence-electron chi connectivity index (χ2n) is 7.38. The third-order valence-electron chi connectivity index (χ3n) is 5.29. The highest BCUT2D eigenvalue weighted by Gasteiger charge is 2.21. The molecule has 5 aromatic rings. The van der Waals surface area contributed by atoms with Crippen molar-refractivity contribution in [2.75, 3.05) is 0 Å². The van der Waals surface area contributed by atoms with Crippen LogP contribution >= 0.6 is 0 Å². The first kappa shape index (κ1) is 18.1. The fourth-order valence-electron chi connectivity index (χ4n) is 3.79. The van der Waals surface area contributed by atoms with Gasteiger partial charge >= 0.3 is 0 Å². The molecule has 0 radical (unpaired) electrons. The van der Waals surface area contributed by atoms with E-state index in [2.05, 4.69) is 18.2 Å². The van der Waals surface area contributed by atoms with E-state index in [9.17, 15) is 4.79 Å². The van der Waals surface area contributed by atoms with Gasteiger partial charge in [-0.15, -0.1) is 0 Å². The average molecular weight is 388 g/mol. The van der Waals surface area contributed by atoms with Crippen LogP contribution in [0.2, 0.25) is 0 Å². The van der Waals surface area contributed by atoms with Crippen molar-refractivity contribution in [3.8, 4) is 22.4 Å². The number of rotatable bonds is 4. The average Bonchev–Trinajstić information content (AvgIpc) is 3.19. The van der Waals surface area contributed by atoms with Gasteiger partial charge in [0.2, 0.25) is 5.78 Å². The summed E-state index contributed by atoms with van der Waals surface area (Å²) in [7, 11) is 0. The quantitative estimate of drug-likeness (QED) is 0.343. The molecule has 0 atom stereocenters. The summed E-state index contributed by atoms with van der Waals surface area (Å²) in [5.41, 5.74) is 7.01. The van der Waals surface area contributed by atoms with Crippen molar-refractivity contribution in [3.05, 3.63) is 120 Å². The van der Waals surface area contributed by atoms with Gasteiger partial charge in [0.05, 0.1) is 0 Å². The van der Waals surface area contributed by atoms with E-state index in [4.69, 9.17) is 4.98 Å². The van der Waals surface area contributed by atoms with Crippen molar-refractivity contribution >= 4 is 11.4 Å². The number of aryl methyl sites for hydroxylation is 1. The van der Waals surface area contributed by atoms with Gasteiger partial charge in [0, 0.05) is 17.3 Å². The van der Waals surface area contributed by atoms with E-state index in [0.29, 0.717) is 17.0 Å². The van der Waals surface area contributed by atoms with Crippen molar-refractivity contribution in [2.24, 2.45) is 0 Å². The molecule has 2 heterocycles. The molecule has 144 valence electrons. The molecule has 5 rings (SSSR count). The number of pyridine rings is 1. The zero-order valence-corrected chi connectivity index (χ0v) is 16.6. The molecule has 30 heavy (non-hydrogen) atoms. The Balaban J connectivity index is 1.62. The van der Waals surface area contributed by atoms with Gasteiger partial charge in [-0.25, -0.2) is 4.98 Å². The summed E-state index contributed by atoms with van der Waals surface area (Å²) in [5, 5.41) is 0. The lowest BCUT2D eigenvalue weighted by Crippen LogP contribution is -2.07. The van der Waals surface area contributed by atoms with Crippen LogP contribution in [0.1, 0.15) is 21.6 Å². The van der Waals surface area contributed by atoms with E-state index >= 15 is 0 Å². The lowest BCUT2D eigenvalue weighted by atomic mass is 9.99. The summed E-state index contributed by atoms with van der Waals surface area (Å²) in [5.74, 6) is -0.0372. The number of benzene rings is 3. The fourth-order valence-corrected chi connectivity index (χ4v) is 3.79. The number of hydrogen-bond acceptors (Lipinski definition) is 2. The second kappa shape index (κ2) is 7.45. The second-order valence-corrected chi connectivity index (χ2v) is 7.38. The van der Waals surface area contributed by atoms with Crippen LogP contribution in [0.5, 0.6) is 0 Å². The van der Waals surface area contributed by atoms with Crippen molar-refractivity contribution in [3.63, 3.8) is 0 Å². The van der Waals surface area contributed by atoms with Crippen molar-refractivity contribution in [1.82, 2.24) is 9.38 Å². The van der Waals surface area contributed by atoms with Gasteiger partial charge in [0.25, 0.3) is 0 Å². The molecule has 0 bridgehead atoms. The number of carbonyl (C=O) groups excluding carboxylic acids is 1. The number of imidazole rings is 1. The summed E-state index contributed by atoms with van der Waals surface area (Å²) in [4.78, 5) is 18.4. The summed E-state index contributed by atoms with van der Waals surface area (Å²) in [6.07, 6.45) is 1.90. The van der Waals surface area contributed by atoms with Crippen LogP contribution in [0.4, 0.5) is 0 Å². The summed E-state index contributed by atoms with van der Waals surface area (Å²) in [6, 6.07) is 31.8. The molecule has 0 unspecified atom stereocenters. The first-order valence-electron chi connectivity index (χ1n) is 9.95. The highest BCUT2D eigenvalue weighted by molar-refractivity contribution is 6.12. The van der Waals surface area contributed by atoms with Gasteiger partial charge < -0.3 is 0 Å². The predicted molar refractivity (Wildman–Crippen MR) is 121 cm³/mol. The van der Waals surface area contributed by atoms with E-state index in [1.807, 2.05) is 96.4 Å². The van der Waals surface area contributed by atoms with Crippen LogP contribution in [0.25, 0.3) is 28.0 Å². The molecular formula is C27H20N2O. The molecule has 0 amide bonds. The Bertz CT molecular complexity index is 1350. The minimum Gasteiger partial charge on any atom is -0.296 e. The van der Waals surface area contributed by atoms with Crippen LogP contribution in [0, 0.1) is 6.92 Å². The van der Waals surface area contributed by atoms with Gasteiger partial charge in [0.15, 0.2) is 0 Å². The molecular weight excluding hydrogens is 368 g/mol. The number of aromatic nitrogens is 2. The molecule has 2 aromatic heterocycles. The van der Waals surface area contributed by atoms with Crippen LogP contribution in [0.15, 0.2) is 103 Å². The lowest BCUT2D eigenvalue weighted by molar-refractivity contribution is 0.103. The third kappa shape index (κ3) is 3.20. The summed E-state index contributed by atoms with van der Waals surface area (Å²) in [6.45, 7) is 2.04. The summed E-state index contributed by atoms with van der Waals surface area (Å²) < 4.78 is 1.88. The molecule has 3 aromatic carbocycles. The number of ketones is 1. The molecule has 0 N–H and O–H groups in total. The number of nitrogens with zero attached hydrogens (tertiary/aromatic N) is 2. The zero-order valence-electron chi connectivity index (χ0n) is 16.6. The maximum Gasteiger partial charge on any atom is 0.212 e. The maximum absolute atomic E-state index is 13.6. The van der Waals surface area contributed by atoms with Crippen LogP contribution in [0.3, 0.4) is 0 Å². The number of fused-ring (bicyclic) bond motifs is 1. The minimum absolute atomic E-state index is 0.0372. The normalized spacial score (nSPS) is 11.0. The predicted octanol–water partition coefficient (Wildman–Crippen LogP) is 6.21. The van der Waals surface area contributed by atoms with E-state index in [1.54, 1.807) is 0 Å². The van der Waals surface area contributed by atoms with Crippen molar-refractivity contribution in [1.29, 1.82) is 0 Å². The summed E-state index contributed by atoms with van der Waals surface area (Å²) >= 11 is 0. The Kier molecular flexibility index (Phi) is 4.49.